The summed E-state index contributed by atoms with van der Waals surface area (Å²) in [6.45, 7) is 4.25. The molecule has 0 spiro atoms. The van der Waals surface area contributed by atoms with Crippen molar-refractivity contribution in [1.29, 1.82) is 0 Å². The van der Waals surface area contributed by atoms with Crippen molar-refractivity contribution < 1.29 is 9.53 Å². The van der Waals surface area contributed by atoms with Gasteiger partial charge in [0.1, 0.15) is 0 Å². The van der Waals surface area contributed by atoms with Crippen molar-refractivity contribution in [3.05, 3.63) is 81.2 Å². The van der Waals surface area contributed by atoms with Gasteiger partial charge in [0, 0.05) is 10.3 Å². The van der Waals surface area contributed by atoms with E-state index in [0.717, 1.165) is 23.3 Å². The van der Waals surface area contributed by atoms with E-state index in [2.05, 4.69) is 32.1 Å². The van der Waals surface area contributed by atoms with Gasteiger partial charge in [0.2, 0.25) is 0 Å². The Morgan fingerprint density at radius 3 is 2.60 bits per heavy atom. The van der Waals surface area contributed by atoms with Crippen molar-refractivity contribution in [3.8, 4) is 0 Å². The number of halogens is 1. The lowest BCUT2D eigenvalue weighted by Gasteiger charge is -2.12. The lowest BCUT2D eigenvalue weighted by molar-refractivity contribution is 0.0600. The van der Waals surface area contributed by atoms with Crippen LogP contribution < -0.4 is 10.4 Å². The van der Waals surface area contributed by atoms with Crippen molar-refractivity contribution in [2.24, 2.45) is 0 Å². The second-order valence-corrected chi connectivity index (χ2v) is 6.63. The van der Waals surface area contributed by atoms with Crippen LogP contribution in [0.5, 0.6) is 0 Å². The van der Waals surface area contributed by atoms with Crippen LogP contribution in [-0.4, -0.2) is 13.1 Å². The zero-order chi connectivity index (χ0) is 18.0. The molecular formula is C22H21ClO2. The fourth-order valence-corrected chi connectivity index (χ4v) is 3.58. The molecular weight excluding hydrogens is 332 g/mol. The Morgan fingerprint density at radius 2 is 1.92 bits per heavy atom. The van der Waals surface area contributed by atoms with E-state index >= 15 is 0 Å². The summed E-state index contributed by atoms with van der Waals surface area (Å²) in [5, 5.41) is 2.67. The maximum atomic E-state index is 12.0. The Hall–Kier alpha value is -2.32. The largest absolute Gasteiger partial charge is 0.465 e. The molecule has 2 aromatic rings. The number of esters is 1. The highest BCUT2D eigenvalue weighted by molar-refractivity contribution is 6.47. The quantitative estimate of drug-likeness (QED) is 0.778. The van der Waals surface area contributed by atoms with Crippen molar-refractivity contribution >= 4 is 28.2 Å². The molecule has 2 aromatic carbocycles. The smallest absolute Gasteiger partial charge is 0.337 e. The summed E-state index contributed by atoms with van der Waals surface area (Å²) in [6, 6.07) is 13.9. The fourth-order valence-electron chi connectivity index (χ4n) is 3.26. The van der Waals surface area contributed by atoms with Gasteiger partial charge < -0.3 is 4.74 Å². The number of ether oxygens (including phenoxy) is 1. The van der Waals surface area contributed by atoms with Crippen LogP contribution >= 0.6 is 11.6 Å². The van der Waals surface area contributed by atoms with Crippen LogP contribution in [0.25, 0.3) is 10.6 Å². The second kappa shape index (κ2) is 7.28. The van der Waals surface area contributed by atoms with Gasteiger partial charge in [0.05, 0.1) is 12.7 Å². The number of aryl methyl sites for hydroxylation is 1. The summed E-state index contributed by atoms with van der Waals surface area (Å²) < 4.78 is 4.89. The van der Waals surface area contributed by atoms with Crippen LogP contribution in [0, 0.1) is 6.92 Å². The van der Waals surface area contributed by atoms with Crippen LogP contribution in [0.15, 0.2) is 54.1 Å². The Labute approximate surface area is 153 Å². The number of hydrogen-bond donors (Lipinski definition) is 0. The number of fused-ring (bicyclic) bond motifs is 1. The molecule has 0 bridgehead atoms. The fraction of sp³-hybridized carbons (Fsp3) is 0.227. The summed E-state index contributed by atoms with van der Waals surface area (Å²) >= 11 is 6.59. The number of benzene rings is 2. The average Bonchev–Trinajstić information content (AvgIpc) is 2.77. The highest BCUT2D eigenvalue weighted by Crippen LogP contribution is 2.27. The van der Waals surface area contributed by atoms with Gasteiger partial charge in [-0.3, -0.25) is 0 Å². The normalized spacial score (nSPS) is 13.8. The van der Waals surface area contributed by atoms with E-state index in [4.69, 9.17) is 16.3 Å². The average molecular weight is 353 g/mol. The molecule has 0 saturated heterocycles. The Morgan fingerprint density at radius 1 is 1.16 bits per heavy atom. The van der Waals surface area contributed by atoms with Crippen molar-refractivity contribution in [1.82, 2.24) is 0 Å². The maximum Gasteiger partial charge on any atom is 0.337 e. The molecule has 0 saturated carbocycles. The molecule has 0 heterocycles. The van der Waals surface area contributed by atoms with Gasteiger partial charge in [0.25, 0.3) is 0 Å². The summed E-state index contributed by atoms with van der Waals surface area (Å²) in [5.41, 5.74) is 5.41. The first-order chi connectivity index (χ1) is 12.0. The highest BCUT2D eigenvalue weighted by Gasteiger charge is 2.15. The summed E-state index contributed by atoms with van der Waals surface area (Å²) in [4.78, 5) is 12.0. The minimum Gasteiger partial charge on any atom is -0.465 e. The van der Waals surface area contributed by atoms with Gasteiger partial charge in [-0.25, -0.2) is 4.79 Å². The Kier molecular flexibility index (Phi) is 5.10. The lowest BCUT2D eigenvalue weighted by Crippen LogP contribution is -2.29. The van der Waals surface area contributed by atoms with E-state index in [1.165, 1.54) is 29.4 Å². The molecule has 0 aromatic heterocycles. The molecule has 0 atom stereocenters. The predicted octanol–water partition coefficient (Wildman–Crippen LogP) is 4.07. The number of carbonyl (C=O) groups excluding carboxylic acids is 1. The van der Waals surface area contributed by atoms with Crippen LogP contribution in [0.2, 0.25) is 0 Å². The summed E-state index contributed by atoms with van der Waals surface area (Å²) in [6.07, 6.45) is 3.81. The van der Waals surface area contributed by atoms with E-state index in [9.17, 15) is 4.79 Å². The molecule has 3 heteroatoms. The molecule has 0 unspecified atom stereocenters. The highest BCUT2D eigenvalue weighted by atomic mass is 35.5. The van der Waals surface area contributed by atoms with Gasteiger partial charge in [-0.05, 0) is 59.9 Å². The molecule has 1 aliphatic rings. The molecule has 0 N–H and O–H groups in total. The third kappa shape index (κ3) is 3.40. The topological polar surface area (TPSA) is 26.3 Å². The third-order valence-electron chi connectivity index (χ3n) is 4.68. The van der Waals surface area contributed by atoms with E-state index in [1.807, 2.05) is 24.3 Å². The maximum absolute atomic E-state index is 12.0. The van der Waals surface area contributed by atoms with Crippen LogP contribution in [0.1, 0.15) is 41.3 Å². The molecule has 128 valence electrons. The van der Waals surface area contributed by atoms with Gasteiger partial charge in [-0.15, -0.1) is 0 Å². The number of methoxy groups -OCH3 is 1. The molecule has 2 nitrogen and oxygen atoms in total. The molecule has 3 rings (SSSR count). The molecule has 25 heavy (non-hydrogen) atoms. The van der Waals surface area contributed by atoms with Crippen molar-refractivity contribution in [2.45, 2.75) is 26.7 Å². The van der Waals surface area contributed by atoms with Gasteiger partial charge in [-0.1, -0.05) is 54.4 Å². The number of rotatable bonds is 3. The zero-order valence-electron chi connectivity index (χ0n) is 14.7. The molecule has 0 radical (unpaired) electrons. The Balaban J connectivity index is 2.42. The standard InChI is InChI=1S/C22H21ClO2/c1-4-15-11-19(17-8-6-5-7-14(17)2)20-13-16(22(24)25-3)9-10-18(20)21(23)12-15/h5-10,12-13H,4,11H2,1-3H3. The van der Waals surface area contributed by atoms with E-state index in [1.54, 1.807) is 6.07 Å². The zero-order valence-corrected chi connectivity index (χ0v) is 15.5. The third-order valence-corrected chi connectivity index (χ3v) is 4.99. The van der Waals surface area contributed by atoms with Gasteiger partial charge >= 0.3 is 5.97 Å². The predicted molar refractivity (Wildman–Crippen MR) is 103 cm³/mol. The molecule has 0 amide bonds. The lowest BCUT2D eigenvalue weighted by atomic mass is 9.92. The summed E-state index contributed by atoms with van der Waals surface area (Å²) in [5.74, 6) is -0.337. The first-order valence-corrected chi connectivity index (χ1v) is 8.79. The van der Waals surface area contributed by atoms with Crippen molar-refractivity contribution in [2.75, 3.05) is 7.11 Å². The van der Waals surface area contributed by atoms with Gasteiger partial charge in [0.15, 0.2) is 0 Å². The minimum atomic E-state index is -0.337. The SMILES string of the molecule is CCC1=CC(Cl)=c2ccc(C(=O)OC)cc2=C(c2ccccc2C)C1. The van der Waals surface area contributed by atoms with Gasteiger partial charge in [-0.2, -0.15) is 0 Å². The van der Waals surface area contributed by atoms with E-state index in [0.29, 0.717) is 10.6 Å². The second-order valence-electron chi connectivity index (χ2n) is 6.23. The molecule has 0 fully saturated rings. The van der Waals surface area contributed by atoms with Crippen LogP contribution in [0.4, 0.5) is 0 Å². The first-order valence-electron chi connectivity index (χ1n) is 8.42. The number of allylic oxidation sites excluding steroid dienone is 2. The molecule has 0 aliphatic heterocycles. The van der Waals surface area contributed by atoms with Crippen LogP contribution in [0.3, 0.4) is 0 Å². The van der Waals surface area contributed by atoms with Crippen LogP contribution in [-0.2, 0) is 4.74 Å². The monoisotopic (exact) mass is 352 g/mol. The minimum absolute atomic E-state index is 0.337. The van der Waals surface area contributed by atoms with Crippen molar-refractivity contribution in [3.63, 3.8) is 0 Å². The van der Waals surface area contributed by atoms with E-state index < -0.39 is 0 Å². The Bertz CT molecular complexity index is 983. The number of carbonyl (C=O) groups is 1. The number of hydrogen-bond acceptors (Lipinski definition) is 2. The summed E-state index contributed by atoms with van der Waals surface area (Å²) in [7, 11) is 1.40. The molecule has 1 aliphatic carbocycles. The van der Waals surface area contributed by atoms with E-state index in [-0.39, 0.29) is 5.97 Å². The first kappa shape index (κ1) is 17.5.